The van der Waals surface area contributed by atoms with Crippen LogP contribution in [0.3, 0.4) is 0 Å². The summed E-state index contributed by atoms with van der Waals surface area (Å²) in [6.07, 6.45) is 2.34. The van der Waals surface area contributed by atoms with Crippen LogP contribution in [0.1, 0.15) is 42.6 Å². The highest BCUT2D eigenvalue weighted by atomic mass is 32.1. The number of nitrogens with zero attached hydrogens (tertiary/aromatic N) is 3. The van der Waals surface area contributed by atoms with Crippen molar-refractivity contribution in [2.75, 3.05) is 0 Å². The summed E-state index contributed by atoms with van der Waals surface area (Å²) in [5.41, 5.74) is 6.48. The highest BCUT2D eigenvalue weighted by Gasteiger charge is 2.29. The molecular formula is C10H12N4OS. The largest absolute Gasteiger partial charge is 0.332 e. The molecule has 0 radical (unpaired) electrons. The molecule has 2 aromatic heterocycles. The Kier molecular flexibility index (Phi) is 2.26. The van der Waals surface area contributed by atoms with E-state index in [-0.39, 0.29) is 6.04 Å². The molecule has 0 aliphatic heterocycles. The van der Waals surface area contributed by atoms with Crippen LogP contribution < -0.4 is 5.73 Å². The molecule has 2 heterocycles. The summed E-state index contributed by atoms with van der Waals surface area (Å²) in [6, 6.07) is -0.0513. The predicted molar refractivity (Wildman–Crippen MR) is 60.0 cm³/mol. The first-order valence-corrected chi connectivity index (χ1v) is 6.17. The molecule has 0 saturated heterocycles. The zero-order valence-electron chi connectivity index (χ0n) is 8.88. The number of hydrogen-bond acceptors (Lipinski definition) is 6. The molecule has 1 saturated carbocycles. The number of aromatic nitrogens is 3. The topological polar surface area (TPSA) is 77.8 Å². The van der Waals surface area contributed by atoms with Gasteiger partial charge in [0.15, 0.2) is 5.82 Å². The third-order valence-corrected chi connectivity index (χ3v) is 3.56. The molecule has 1 unspecified atom stereocenters. The zero-order chi connectivity index (χ0) is 11.1. The Morgan fingerprint density at radius 1 is 1.50 bits per heavy atom. The van der Waals surface area contributed by atoms with E-state index in [4.69, 9.17) is 10.3 Å². The molecule has 0 spiro atoms. The minimum atomic E-state index is -0.0513. The molecule has 6 heteroatoms. The van der Waals surface area contributed by atoms with Crippen LogP contribution in [0.25, 0.3) is 11.6 Å². The van der Waals surface area contributed by atoms with Gasteiger partial charge in [-0.1, -0.05) is 5.16 Å². The highest BCUT2D eigenvalue weighted by molar-refractivity contribution is 7.10. The second-order valence-corrected chi connectivity index (χ2v) is 4.98. The zero-order valence-corrected chi connectivity index (χ0v) is 9.70. The van der Waals surface area contributed by atoms with Crippen molar-refractivity contribution in [3.8, 4) is 11.6 Å². The van der Waals surface area contributed by atoms with Crippen molar-refractivity contribution in [2.24, 2.45) is 5.73 Å². The van der Waals surface area contributed by atoms with E-state index in [1.807, 2.05) is 12.3 Å². The summed E-state index contributed by atoms with van der Waals surface area (Å²) in [5.74, 6) is 1.82. The standard InChI is InChI=1S/C10H12N4OS/c1-5(11)10-12-7(4-16-10)9-13-8(14-15-9)6-2-3-6/h4-6H,2-3,11H2,1H3. The molecule has 2 N–H and O–H groups in total. The third-order valence-electron chi connectivity index (χ3n) is 2.51. The maximum Gasteiger partial charge on any atom is 0.277 e. The van der Waals surface area contributed by atoms with Crippen LogP contribution in [-0.4, -0.2) is 15.1 Å². The molecule has 1 aliphatic carbocycles. The smallest absolute Gasteiger partial charge is 0.277 e. The van der Waals surface area contributed by atoms with Crippen LogP contribution in [-0.2, 0) is 0 Å². The molecule has 0 aromatic carbocycles. The highest BCUT2D eigenvalue weighted by Crippen LogP contribution is 2.38. The third kappa shape index (κ3) is 1.74. The SMILES string of the molecule is CC(N)c1nc(-c2nc(C3CC3)no2)cs1. The van der Waals surface area contributed by atoms with E-state index in [1.165, 1.54) is 24.2 Å². The first-order valence-electron chi connectivity index (χ1n) is 5.29. The molecule has 16 heavy (non-hydrogen) atoms. The maximum atomic E-state index is 5.75. The summed E-state index contributed by atoms with van der Waals surface area (Å²) in [6.45, 7) is 1.91. The first kappa shape index (κ1) is 9.92. The molecular weight excluding hydrogens is 224 g/mol. The first-order chi connectivity index (χ1) is 7.74. The van der Waals surface area contributed by atoms with E-state index in [0.717, 1.165) is 16.5 Å². The predicted octanol–water partition coefficient (Wildman–Crippen LogP) is 2.09. The van der Waals surface area contributed by atoms with Crippen LogP contribution in [0.5, 0.6) is 0 Å². The Labute approximate surface area is 96.7 Å². The van der Waals surface area contributed by atoms with Crippen molar-refractivity contribution in [1.82, 2.24) is 15.1 Å². The van der Waals surface area contributed by atoms with Gasteiger partial charge in [0, 0.05) is 11.3 Å². The molecule has 1 atom stereocenters. The molecule has 1 aliphatic rings. The molecule has 0 amide bonds. The van der Waals surface area contributed by atoms with E-state index in [9.17, 15) is 0 Å². The van der Waals surface area contributed by atoms with Crippen LogP contribution >= 0.6 is 11.3 Å². The van der Waals surface area contributed by atoms with Gasteiger partial charge in [-0.25, -0.2) is 4.98 Å². The Hall–Kier alpha value is -1.27. The van der Waals surface area contributed by atoms with Gasteiger partial charge in [-0.3, -0.25) is 0 Å². The fourth-order valence-corrected chi connectivity index (χ4v) is 2.19. The lowest BCUT2D eigenvalue weighted by Crippen LogP contribution is -2.03. The van der Waals surface area contributed by atoms with Gasteiger partial charge in [-0.05, 0) is 19.8 Å². The van der Waals surface area contributed by atoms with E-state index < -0.39 is 0 Å². The van der Waals surface area contributed by atoms with E-state index in [1.54, 1.807) is 0 Å². The van der Waals surface area contributed by atoms with Crippen molar-refractivity contribution in [1.29, 1.82) is 0 Å². The molecule has 5 nitrogen and oxygen atoms in total. The lowest BCUT2D eigenvalue weighted by molar-refractivity contribution is 0.421. The summed E-state index contributed by atoms with van der Waals surface area (Å²) < 4.78 is 5.19. The maximum absolute atomic E-state index is 5.75. The lowest BCUT2D eigenvalue weighted by atomic mass is 10.4. The van der Waals surface area contributed by atoms with Crippen molar-refractivity contribution >= 4 is 11.3 Å². The minimum absolute atomic E-state index is 0.0513. The van der Waals surface area contributed by atoms with Crippen LogP contribution in [0.2, 0.25) is 0 Å². The summed E-state index contributed by atoms with van der Waals surface area (Å²) in [4.78, 5) is 8.71. The van der Waals surface area contributed by atoms with Crippen molar-refractivity contribution in [2.45, 2.75) is 31.7 Å². The monoisotopic (exact) mass is 236 g/mol. The van der Waals surface area contributed by atoms with Gasteiger partial charge in [-0.2, -0.15) is 4.98 Å². The Balaban J connectivity index is 1.88. The van der Waals surface area contributed by atoms with E-state index in [0.29, 0.717) is 11.8 Å². The van der Waals surface area contributed by atoms with Crippen LogP contribution in [0, 0.1) is 0 Å². The van der Waals surface area contributed by atoms with Crippen LogP contribution in [0.4, 0.5) is 0 Å². The van der Waals surface area contributed by atoms with E-state index >= 15 is 0 Å². The van der Waals surface area contributed by atoms with Gasteiger partial charge in [0.05, 0.1) is 6.04 Å². The quantitative estimate of drug-likeness (QED) is 0.882. The van der Waals surface area contributed by atoms with Crippen LogP contribution in [0.15, 0.2) is 9.90 Å². The molecule has 84 valence electrons. The summed E-state index contributed by atoms with van der Waals surface area (Å²) in [7, 11) is 0. The minimum Gasteiger partial charge on any atom is -0.332 e. The van der Waals surface area contributed by atoms with Gasteiger partial charge in [0.1, 0.15) is 10.7 Å². The van der Waals surface area contributed by atoms with Gasteiger partial charge < -0.3 is 10.3 Å². The molecule has 1 fully saturated rings. The average molecular weight is 236 g/mol. The number of thiazole rings is 1. The Bertz CT molecular complexity index is 462. The summed E-state index contributed by atoms with van der Waals surface area (Å²) in [5, 5.41) is 6.75. The van der Waals surface area contributed by atoms with E-state index in [2.05, 4.69) is 15.1 Å². The molecule has 2 aromatic rings. The molecule has 0 bridgehead atoms. The Morgan fingerprint density at radius 2 is 2.31 bits per heavy atom. The van der Waals surface area contributed by atoms with Gasteiger partial charge in [0.25, 0.3) is 5.89 Å². The lowest BCUT2D eigenvalue weighted by Gasteiger charge is -1.95. The van der Waals surface area contributed by atoms with Crippen molar-refractivity contribution in [3.05, 3.63) is 16.2 Å². The fraction of sp³-hybridized carbons (Fsp3) is 0.500. The summed E-state index contributed by atoms with van der Waals surface area (Å²) >= 11 is 1.52. The van der Waals surface area contributed by atoms with Gasteiger partial charge in [0.2, 0.25) is 0 Å². The normalized spacial score (nSPS) is 17.6. The van der Waals surface area contributed by atoms with Crippen molar-refractivity contribution in [3.63, 3.8) is 0 Å². The molecule has 3 rings (SSSR count). The second kappa shape index (κ2) is 3.64. The number of nitrogens with two attached hydrogens (primary N) is 1. The average Bonchev–Trinajstić information content (AvgIpc) is 2.83. The van der Waals surface area contributed by atoms with Gasteiger partial charge in [-0.15, -0.1) is 11.3 Å². The number of rotatable bonds is 3. The van der Waals surface area contributed by atoms with Crippen molar-refractivity contribution < 1.29 is 4.52 Å². The van der Waals surface area contributed by atoms with Gasteiger partial charge >= 0.3 is 0 Å². The number of hydrogen-bond donors (Lipinski definition) is 1. The Morgan fingerprint density at radius 3 is 2.94 bits per heavy atom. The fourth-order valence-electron chi connectivity index (χ4n) is 1.44. The second-order valence-electron chi connectivity index (χ2n) is 4.09.